The molecule has 0 bridgehead atoms. The highest BCUT2D eigenvalue weighted by atomic mass is 16.3. The molecule has 0 aliphatic heterocycles. The van der Waals surface area contributed by atoms with Gasteiger partial charge in [0.1, 0.15) is 11.5 Å². The maximum absolute atomic E-state index is 12.0. The molecule has 2 aromatic rings. The minimum absolute atomic E-state index is 0.0645. The molecule has 2 rings (SSSR count). The topological polar surface area (TPSA) is 46.6 Å². The van der Waals surface area contributed by atoms with Crippen molar-refractivity contribution >= 4 is 5.91 Å². The Bertz CT molecular complexity index is 461. The van der Waals surface area contributed by atoms with Gasteiger partial charge >= 0.3 is 0 Å². The number of carbonyl (C=O) groups is 1. The molecule has 0 aliphatic carbocycles. The second kappa shape index (κ2) is 5.91. The number of hydrogen-bond acceptors (Lipinski definition) is 3. The number of carbonyl (C=O) groups excluding carboxylic acids is 1. The normalized spacial score (nSPS) is 10.9. The highest BCUT2D eigenvalue weighted by molar-refractivity contribution is 5.87. The number of allylic oxidation sites excluding steroid dienone is 1. The fourth-order valence-electron chi connectivity index (χ4n) is 1.64. The third kappa shape index (κ3) is 3.13. The number of furan rings is 2. The van der Waals surface area contributed by atoms with Crippen LogP contribution in [0.4, 0.5) is 0 Å². The van der Waals surface area contributed by atoms with Crippen molar-refractivity contribution < 1.29 is 13.6 Å². The Morgan fingerprint density at radius 1 is 1.17 bits per heavy atom. The van der Waals surface area contributed by atoms with Crippen molar-refractivity contribution in [2.45, 2.75) is 20.0 Å². The second-order valence-electron chi connectivity index (χ2n) is 3.85. The molecule has 0 radical (unpaired) electrons. The lowest BCUT2D eigenvalue weighted by Crippen LogP contribution is -2.28. The van der Waals surface area contributed by atoms with E-state index in [2.05, 4.69) is 0 Å². The minimum atomic E-state index is -0.0645. The Balaban J connectivity index is 2.09. The molecule has 2 aromatic heterocycles. The predicted octanol–water partition coefficient (Wildman–Crippen LogP) is 2.98. The lowest BCUT2D eigenvalue weighted by atomic mass is 10.3. The van der Waals surface area contributed by atoms with Gasteiger partial charge in [-0.2, -0.15) is 0 Å². The van der Waals surface area contributed by atoms with E-state index in [4.69, 9.17) is 8.83 Å². The molecule has 0 saturated heterocycles. The molecule has 94 valence electrons. The standard InChI is InChI=1S/C14H15NO3/c1-2-5-14(16)15(10-12-6-3-8-17-12)11-13-7-4-9-18-13/h2-9H,10-11H2,1H3. The summed E-state index contributed by atoms with van der Waals surface area (Å²) in [6, 6.07) is 7.30. The van der Waals surface area contributed by atoms with Crippen LogP contribution in [0, 0.1) is 0 Å². The highest BCUT2D eigenvalue weighted by Crippen LogP contribution is 2.11. The highest BCUT2D eigenvalue weighted by Gasteiger charge is 2.14. The zero-order valence-electron chi connectivity index (χ0n) is 10.2. The van der Waals surface area contributed by atoms with Gasteiger partial charge in [0.25, 0.3) is 0 Å². The molecular formula is C14H15NO3. The van der Waals surface area contributed by atoms with Gasteiger partial charge in [0.2, 0.25) is 5.91 Å². The smallest absolute Gasteiger partial charge is 0.247 e. The van der Waals surface area contributed by atoms with Crippen molar-refractivity contribution in [2.75, 3.05) is 0 Å². The van der Waals surface area contributed by atoms with Gasteiger partial charge < -0.3 is 13.7 Å². The Hall–Kier alpha value is -2.23. The Labute approximate surface area is 105 Å². The molecule has 0 unspecified atom stereocenters. The molecule has 18 heavy (non-hydrogen) atoms. The van der Waals surface area contributed by atoms with Crippen LogP contribution < -0.4 is 0 Å². The maximum atomic E-state index is 12.0. The number of rotatable bonds is 5. The zero-order chi connectivity index (χ0) is 12.8. The van der Waals surface area contributed by atoms with Gasteiger partial charge in [-0.15, -0.1) is 0 Å². The van der Waals surface area contributed by atoms with E-state index in [0.717, 1.165) is 11.5 Å². The van der Waals surface area contributed by atoms with E-state index in [-0.39, 0.29) is 5.91 Å². The Morgan fingerprint density at radius 3 is 2.11 bits per heavy atom. The minimum Gasteiger partial charge on any atom is -0.467 e. The summed E-state index contributed by atoms with van der Waals surface area (Å²) in [5, 5.41) is 0. The van der Waals surface area contributed by atoms with Crippen LogP contribution in [0.1, 0.15) is 18.4 Å². The SMILES string of the molecule is CC=CC(=O)N(Cc1ccco1)Cc1ccco1. The van der Waals surface area contributed by atoms with Crippen LogP contribution in [0.3, 0.4) is 0 Å². The van der Waals surface area contributed by atoms with Crippen molar-refractivity contribution in [2.24, 2.45) is 0 Å². The molecular weight excluding hydrogens is 230 g/mol. The zero-order valence-corrected chi connectivity index (χ0v) is 10.2. The molecule has 0 saturated carbocycles. The predicted molar refractivity (Wildman–Crippen MR) is 66.5 cm³/mol. The Morgan fingerprint density at radius 2 is 1.72 bits per heavy atom. The van der Waals surface area contributed by atoms with E-state index < -0.39 is 0 Å². The lowest BCUT2D eigenvalue weighted by Gasteiger charge is -2.18. The summed E-state index contributed by atoms with van der Waals surface area (Å²) in [5.41, 5.74) is 0. The number of hydrogen-bond donors (Lipinski definition) is 0. The van der Waals surface area contributed by atoms with E-state index in [1.54, 1.807) is 35.6 Å². The first kappa shape index (κ1) is 12.2. The van der Waals surface area contributed by atoms with Crippen molar-refractivity contribution in [3.8, 4) is 0 Å². The van der Waals surface area contributed by atoms with Crippen LogP contribution in [0.15, 0.2) is 57.8 Å². The molecule has 0 fully saturated rings. The molecule has 0 aromatic carbocycles. The van der Waals surface area contributed by atoms with Crippen LogP contribution in [-0.4, -0.2) is 10.8 Å². The van der Waals surface area contributed by atoms with Gasteiger partial charge in [-0.05, 0) is 37.3 Å². The number of amides is 1. The first-order valence-electron chi connectivity index (χ1n) is 5.76. The second-order valence-corrected chi connectivity index (χ2v) is 3.85. The van der Waals surface area contributed by atoms with Crippen LogP contribution in [0.25, 0.3) is 0 Å². The van der Waals surface area contributed by atoms with Crippen molar-refractivity contribution in [1.82, 2.24) is 4.90 Å². The summed E-state index contributed by atoms with van der Waals surface area (Å²) in [6.45, 7) is 2.67. The number of nitrogens with zero attached hydrogens (tertiary/aromatic N) is 1. The average molecular weight is 245 g/mol. The quantitative estimate of drug-likeness (QED) is 0.761. The van der Waals surface area contributed by atoms with Gasteiger partial charge in [0.15, 0.2) is 0 Å². The fraction of sp³-hybridized carbons (Fsp3) is 0.214. The molecule has 0 spiro atoms. The summed E-state index contributed by atoms with van der Waals surface area (Å²) < 4.78 is 10.5. The monoisotopic (exact) mass is 245 g/mol. The van der Waals surface area contributed by atoms with Crippen LogP contribution in [0.5, 0.6) is 0 Å². The molecule has 2 heterocycles. The van der Waals surface area contributed by atoms with Gasteiger partial charge in [-0.3, -0.25) is 4.79 Å². The van der Waals surface area contributed by atoms with E-state index in [1.807, 2.05) is 19.1 Å². The summed E-state index contributed by atoms with van der Waals surface area (Å²) in [7, 11) is 0. The summed E-state index contributed by atoms with van der Waals surface area (Å²) >= 11 is 0. The first-order valence-corrected chi connectivity index (χ1v) is 5.76. The molecule has 0 atom stereocenters. The van der Waals surface area contributed by atoms with Crippen molar-refractivity contribution in [3.63, 3.8) is 0 Å². The average Bonchev–Trinajstić information content (AvgIpc) is 3.01. The van der Waals surface area contributed by atoms with Gasteiger partial charge in [0.05, 0.1) is 25.6 Å². The van der Waals surface area contributed by atoms with Crippen LogP contribution in [-0.2, 0) is 17.9 Å². The molecule has 4 heteroatoms. The summed E-state index contributed by atoms with van der Waals surface area (Å²) in [6.07, 6.45) is 6.45. The summed E-state index contributed by atoms with van der Waals surface area (Å²) in [4.78, 5) is 13.6. The largest absolute Gasteiger partial charge is 0.467 e. The lowest BCUT2D eigenvalue weighted by molar-refractivity contribution is -0.127. The van der Waals surface area contributed by atoms with Crippen LogP contribution >= 0.6 is 0 Å². The molecule has 4 nitrogen and oxygen atoms in total. The fourth-order valence-corrected chi connectivity index (χ4v) is 1.64. The van der Waals surface area contributed by atoms with E-state index in [9.17, 15) is 4.79 Å². The Kier molecular flexibility index (Phi) is 4.02. The molecule has 1 amide bonds. The van der Waals surface area contributed by atoms with Crippen molar-refractivity contribution in [1.29, 1.82) is 0 Å². The molecule has 0 aliphatic rings. The molecule has 0 N–H and O–H groups in total. The first-order chi connectivity index (χ1) is 8.79. The third-order valence-electron chi connectivity index (χ3n) is 2.47. The van der Waals surface area contributed by atoms with Gasteiger partial charge in [0, 0.05) is 0 Å². The van der Waals surface area contributed by atoms with Gasteiger partial charge in [-0.1, -0.05) is 6.08 Å². The third-order valence-corrected chi connectivity index (χ3v) is 2.47. The van der Waals surface area contributed by atoms with Crippen LogP contribution in [0.2, 0.25) is 0 Å². The summed E-state index contributed by atoms with van der Waals surface area (Å²) in [5.74, 6) is 1.43. The maximum Gasteiger partial charge on any atom is 0.247 e. The van der Waals surface area contributed by atoms with E-state index >= 15 is 0 Å². The van der Waals surface area contributed by atoms with E-state index in [0.29, 0.717) is 13.1 Å². The van der Waals surface area contributed by atoms with Crippen molar-refractivity contribution in [3.05, 3.63) is 60.5 Å². The van der Waals surface area contributed by atoms with E-state index in [1.165, 1.54) is 6.08 Å². The van der Waals surface area contributed by atoms with Gasteiger partial charge in [-0.25, -0.2) is 0 Å².